The fourth-order valence-electron chi connectivity index (χ4n) is 7.10. The van der Waals surface area contributed by atoms with E-state index in [1.54, 1.807) is 38.2 Å². The number of halogens is 6. The van der Waals surface area contributed by atoms with Gasteiger partial charge >= 0.3 is 18.3 Å². The molecule has 274 valence electrons. The molecule has 1 aliphatic carbocycles. The lowest BCUT2D eigenvalue weighted by Gasteiger charge is -2.40. The van der Waals surface area contributed by atoms with Crippen molar-refractivity contribution < 1.29 is 35.9 Å². The van der Waals surface area contributed by atoms with Crippen LogP contribution >= 0.6 is 0 Å². The molecular weight excluding hydrogens is 662 g/mol. The van der Waals surface area contributed by atoms with Crippen molar-refractivity contribution >= 4 is 23.5 Å². The predicted molar refractivity (Wildman–Crippen MR) is 179 cm³/mol. The summed E-state index contributed by atoms with van der Waals surface area (Å²) in [5.41, 5.74) is 0.221. The molecule has 50 heavy (non-hydrogen) atoms. The molecule has 2 aromatic rings. The summed E-state index contributed by atoms with van der Waals surface area (Å²) < 4.78 is 84.7. The molecule has 4 N–H and O–H groups in total. The van der Waals surface area contributed by atoms with Gasteiger partial charge in [-0.1, -0.05) is 61.7 Å². The Morgan fingerprint density at radius 3 is 2.14 bits per heavy atom. The van der Waals surface area contributed by atoms with E-state index in [1.165, 1.54) is 12.1 Å². The molecule has 1 saturated heterocycles. The molecular formula is C36H46F6N6O2. The topological polar surface area (TPSA) is 112 Å². The summed E-state index contributed by atoms with van der Waals surface area (Å²) in [5, 5.41) is 21.4. The highest BCUT2D eigenvalue weighted by atomic mass is 19.4. The van der Waals surface area contributed by atoms with Crippen LogP contribution in [0.5, 0.6) is 0 Å². The van der Waals surface area contributed by atoms with E-state index < -0.39 is 54.2 Å². The van der Waals surface area contributed by atoms with Crippen LogP contribution in [0, 0.1) is 22.7 Å². The molecule has 2 aromatic carbocycles. The standard InChI is InChI=1S/C36H46F6N6O2/c1-23(43)47-17-15-25(16-18-47)21-46-33(49)31(26-7-4-3-5-8-26)48(34(50)36(40,41)42)22-29(28-9-6-10-30(20-28)35(37,38)39)19-24-11-13-27(14-12-24)32(44)45-2/h6,9-14,20,25-26,29,31,43H,3-5,7-8,15-19,21-22H2,1-2H3,(H2,44,45)(H,46,49). The summed E-state index contributed by atoms with van der Waals surface area (Å²) in [7, 11) is 1.58. The fourth-order valence-corrected chi connectivity index (χ4v) is 7.10. The Morgan fingerprint density at radius 2 is 1.58 bits per heavy atom. The number of carbonyl (C=O) groups excluding carboxylic acids is 2. The van der Waals surface area contributed by atoms with Gasteiger partial charge in [0.1, 0.15) is 11.9 Å². The molecule has 2 fully saturated rings. The lowest BCUT2D eigenvalue weighted by atomic mass is 9.81. The van der Waals surface area contributed by atoms with Crippen LogP contribution in [0.25, 0.3) is 0 Å². The normalized spacial score (nSPS) is 17.5. The molecule has 0 bridgehead atoms. The minimum atomic E-state index is -5.34. The maximum Gasteiger partial charge on any atom is 0.471 e. The van der Waals surface area contributed by atoms with Gasteiger partial charge in [0.05, 0.1) is 11.4 Å². The van der Waals surface area contributed by atoms with Gasteiger partial charge in [-0.2, -0.15) is 26.3 Å². The second-order valence-electron chi connectivity index (χ2n) is 13.4. The van der Waals surface area contributed by atoms with E-state index in [0.717, 1.165) is 18.6 Å². The van der Waals surface area contributed by atoms with Crippen LogP contribution in [-0.4, -0.2) is 78.7 Å². The summed E-state index contributed by atoms with van der Waals surface area (Å²) >= 11 is 0. The van der Waals surface area contributed by atoms with Crippen molar-refractivity contribution in [2.45, 2.75) is 82.6 Å². The number of likely N-dealkylation sites (tertiary alicyclic amines) is 1. The average molecular weight is 709 g/mol. The third-order valence-electron chi connectivity index (χ3n) is 9.94. The number of alkyl halides is 6. The SMILES string of the molecule is CNC(=N)c1ccc(CC(CN(C(=O)C(F)(F)F)C(C(=O)NCC2CCN(C(C)=N)CC2)C2CCCCC2)c2cccc(C(F)(F)F)c2)cc1. The van der Waals surface area contributed by atoms with Crippen molar-refractivity contribution in [2.75, 3.05) is 33.2 Å². The van der Waals surface area contributed by atoms with Crippen molar-refractivity contribution in [1.29, 1.82) is 10.8 Å². The first-order chi connectivity index (χ1) is 23.6. The Balaban J connectivity index is 1.71. The van der Waals surface area contributed by atoms with E-state index in [1.807, 2.05) is 4.90 Å². The number of piperidine rings is 1. The molecule has 14 heteroatoms. The lowest BCUT2D eigenvalue weighted by Crippen LogP contribution is -2.58. The number of hydrogen-bond acceptors (Lipinski definition) is 4. The van der Waals surface area contributed by atoms with Crippen molar-refractivity contribution in [1.82, 2.24) is 20.4 Å². The minimum Gasteiger partial charge on any atom is -0.373 e. The van der Waals surface area contributed by atoms with Crippen LogP contribution in [-0.2, 0) is 22.2 Å². The molecule has 1 heterocycles. The molecule has 2 aliphatic rings. The molecule has 2 amide bonds. The molecule has 1 aliphatic heterocycles. The quantitative estimate of drug-likeness (QED) is 0.118. The first-order valence-electron chi connectivity index (χ1n) is 17.1. The Labute approximate surface area is 289 Å². The first kappa shape index (κ1) is 38.7. The molecule has 1 saturated carbocycles. The van der Waals surface area contributed by atoms with Gasteiger partial charge in [0.2, 0.25) is 5.91 Å². The van der Waals surface area contributed by atoms with Gasteiger partial charge in [0.15, 0.2) is 0 Å². The number of rotatable bonds is 11. The zero-order chi connectivity index (χ0) is 36.6. The highest BCUT2D eigenvalue weighted by molar-refractivity contribution is 5.96. The average Bonchev–Trinajstić information content (AvgIpc) is 3.09. The minimum absolute atomic E-state index is 0.0276. The molecule has 2 atom stereocenters. The number of carbonyl (C=O) groups is 2. The number of benzene rings is 2. The van der Waals surface area contributed by atoms with Crippen molar-refractivity contribution in [2.24, 2.45) is 11.8 Å². The van der Waals surface area contributed by atoms with Gasteiger partial charge in [-0.05, 0) is 68.1 Å². The van der Waals surface area contributed by atoms with Crippen LogP contribution in [0.3, 0.4) is 0 Å². The Morgan fingerprint density at radius 1 is 0.940 bits per heavy atom. The van der Waals surface area contributed by atoms with E-state index in [-0.39, 0.29) is 30.3 Å². The summed E-state index contributed by atoms with van der Waals surface area (Å²) in [4.78, 5) is 29.9. The van der Waals surface area contributed by atoms with Gasteiger partial charge in [-0.15, -0.1) is 0 Å². The van der Waals surface area contributed by atoms with Crippen LogP contribution in [0.15, 0.2) is 48.5 Å². The lowest BCUT2D eigenvalue weighted by molar-refractivity contribution is -0.190. The Bertz CT molecular complexity index is 1480. The predicted octanol–water partition coefficient (Wildman–Crippen LogP) is 6.74. The zero-order valence-corrected chi connectivity index (χ0v) is 28.4. The highest BCUT2D eigenvalue weighted by Gasteiger charge is 2.49. The number of amides is 2. The Hall–Kier alpha value is -4.10. The van der Waals surface area contributed by atoms with Crippen molar-refractivity contribution in [3.63, 3.8) is 0 Å². The Kier molecular flexibility index (Phi) is 13.0. The molecule has 2 unspecified atom stereocenters. The van der Waals surface area contributed by atoms with E-state index >= 15 is 0 Å². The zero-order valence-electron chi connectivity index (χ0n) is 28.4. The second-order valence-corrected chi connectivity index (χ2v) is 13.4. The van der Waals surface area contributed by atoms with Gasteiger partial charge in [0.25, 0.3) is 0 Å². The van der Waals surface area contributed by atoms with Gasteiger partial charge in [-0.25, -0.2) is 0 Å². The monoisotopic (exact) mass is 708 g/mol. The number of nitrogens with one attached hydrogen (secondary N) is 4. The summed E-state index contributed by atoms with van der Waals surface area (Å²) in [6.07, 6.45) is -5.65. The number of amidine groups is 2. The molecule has 8 nitrogen and oxygen atoms in total. The van der Waals surface area contributed by atoms with Crippen LogP contribution in [0.1, 0.15) is 80.0 Å². The summed E-state index contributed by atoms with van der Waals surface area (Å²) in [5.74, 6) is -3.89. The maximum atomic E-state index is 14.4. The third kappa shape index (κ3) is 10.2. The smallest absolute Gasteiger partial charge is 0.373 e. The molecule has 0 radical (unpaired) electrons. The largest absolute Gasteiger partial charge is 0.471 e. The summed E-state index contributed by atoms with van der Waals surface area (Å²) in [6.45, 7) is 2.50. The second kappa shape index (κ2) is 16.7. The third-order valence-corrected chi connectivity index (χ3v) is 9.94. The maximum absolute atomic E-state index is 14.4. The number of hydrogen-bond donors (Lipinski definition) is 4. The van der Waals surface area contributed by atoms with Gasteiger partial charge in [0, 0.05) is 44.7 Å². The van der Waals surface area contributed by atoms with Crippen LogP contribution < -0.4 is 10.6 Å². The van der Waals surface area contributed by atoms with E-state index in [2.05, 4.69) is 10.6 Å². The first-order valence-corrected chi connectivity index (χ1v) is 17.1. The van der Waals surface area contributed by atoms with E-state index in [4.69, 9.17) is 10.8 Å². The van der Waals surface area contributed by atoms with Crippen molar-refractivity contribution in [3.05, 3.63) is 70.8 Å². The molecule has 0 aromatic heterocycles. The van der Waals surface area contributed by atoms with E-state index in [0.29, 0.717) is 73.5 Å². The van der Waals surface area contributed by atoms with Crippen molar-refractivity contribution in [3.8, 4) is 0 Å². The van der Waals surface area contributed by atoms with Crippen LogP contribution in [0.4, 0.5) is 26.3 Å². The molecule has 4 rings (SSSR count). The number of nitrogens with zero attached hydrogens (tertiary/aromatic N) is 2. The fraction of sp³-hybridized carbons (Fsp3) is 0.556. The van der Waals surface area contributed by atoms with Crippen LogP contribution in [0.2, 0.25) is 0 Å². The molecule has 0 spiro atoms. The van der Waals surface area contributed by atoms with E-state index in [9.17, 15) is 35.9 Å². The summed E-state index contributed by atoms with van der Waals surface area (Å²) in [6, 6.07) is 9.44. The highest BCUT2D eigenvalue weighted by Crippen LogP contribution is 2.36. The van der Waals surface area contributed by atoms with Gasteiger partial charge in [-0.3, -0.25) is 20.4 Å². The van der Waals surface area contributed by atoms with Gasteiger partial charge < -0.3 is 20.4 Å².